The lowest BCUT2D eigenvalue weighted by atomic mass is 10.3. The smallest absolute Gasteiger partial charge is 0.221 e. The molecular formula is C13H15ClN4O2. The van der Waals surface area contributed by atoms with Gasteiger partial charge in [0.05, 0.1) is 13.1 Å². The molecule has 0 radical (unpaired) electrons. The Morgan fingerprint density at radius 1 is 1.35 bits per heavy atom. The average molecular weight is 295 g/mol. The number of nitrogens with one attached hydrogen (secondary N) is 1. The number of halogens is 1. The number of carbonyl (C=O) groups is 1. The predicted molar refractivity (Wildman–Crippen MR) is 74.6 cm³/mol. The summed E-state index contributed by atoms with van der Waals surface area (Å²) in [6.07, 6.45) is 3.39. The fourth-order valence-electron chi connectivity index (χ4n) is 1.54. The van der Waals surface area contributed by atoms with Gasteiger partial charge in [0, 0.05) is 11.4 Å². The largest absolute Gasteiger partial charge is 0.492 e. The fourth-order valence-corrected chi connectivity index (χ4v) is 1.67. The van der Waals surface area contributed by atoms with Gasteiger partial charge in [-0.15, -0.1) is 0 Å². The first kappa shape index (κ1) is 14.3. The van der Waals surface area contributed by atoms with Gasteiger partial charge in [0.1, 0.15) is 25.0 Å². The predicted octanol–water partition coefficient (Wildman–Crippen LogP) is 1.52. The maximum absolute atomic E-state index is 11.5. The van der Waals surface area contributed by atoms with E-state index in [9.17, 15) is 4.79 Å². The highest BCUT2D eigenvalue weighted by Gasteiger charge is 2.02. The van der Waals surface area contributed by atoms with Crippen LogP contribution >= 0.6 is 11.6 Å². The zero-order valence-corrected chi connectivity index (χ0v) is 11.6. The highest BCUT2D eigenvalue weighted by molar-refractivity contribution is 6.30. The van der Waals surface area contributed by atoms with Gasteiger partial charge in [-0.1, -0.05) is 11.6 Å². The van der Waals surface area contributed by atoms with Crippen molar-refractivity contribution in [2.24, 2.45) is 0 Å². The molecule has 20 heavy (non-hydrogen) atoms. The maximum atomic E-state index is 11.5. The lowest BCUT2D eigenvalue weighted by molar-refractivity contribution is -0.121. The van der Waals surface area contributed by atoms with E-state index in [0.717, 1.165) is 5.75 Å². The van der Waals surface area contributed by atoms with Crippen LogP contribution in [0.1, 0.15) is 6.42 Å². The van der Waals surface area contributed by atoms with Gasteiger partial charge in [-0.2, -0.15) is 5.10 Å². The first-order valence-electron chi connectivity index (χ1n) is 6.21. The summed E-state index contributed by atoms with van der Waals surface area (Å²) in [7, 11) is 0. The molecule has 6 nitrogen and oxygen atoms in total. The van der Waals surface area contributed by atoms with E-state index in [2.05, 4.69) is 15.4 Å². The Morgan fingerprint density at radius 2 is 2.15 bits per heavy atom. The van der Waals surface area contributed by atoms with E-state index in [-0.39, 0.29) is 5.91 Å². The number of aromatic nitrogens is 3. The summed E-state index contributed by atoms with van der Waals surface area (Å²) in [5.41, 5.74) is 0. The molecule has 0 saturated heterocycles. The second kappa shape index (κ2) is 7.49. The minimum absolute atomic E-state index is 0.0415. The lowest BCUT2D eigenvalue weighted by Crippen LogP contribution is -2.28. The van der Waals surface area contributed by atoms with Crippen LogP contribution in [0.25, 0.3) is 0 Å². The summed E-state index contributed by atoms with van der Waals surface area (Å²) in [5, 5.41) is 7.36. The van der Waals surface area contributed by atoms with Crippen LogP contribution in [0.4, 0.5) is 0 Å². The molecule has 0 aliphatic heterocycles. The molecule has 2 aromatic rings. The Kier molecular flexibility index (Phi) is 5.37. The Hall–Kier alpha value is -2.08. The first-order chi connectivity index (χ1) is 9.74. The van der Waals surface area contributed by atoms with Crippen molar-refractivity contribution < 1.29 is 9.53 Å². The second-order valence-corrected chi connectivity index (χ2v) is 4.50. The van der Waals surface area contributed by atoms with Gasteiger partial charge in [-0.05, 0) is 24.3 Å². The van der Waals surface area contributed by atoms with Gasteiger partial charge < -0.3 is 10.1 Å². The van der Waals surface area contributed by atoms with Gasteiger partial charge >= 0.3 is 0 Å². The van der Waals surface area contributed by atoms with E-state index < -0.39 is 0 Å². The third-order valence-electron chi connectivity index (χ3n) is 2.54. The van der Waals surface area contributed by atoms with Crippen molar-refractivity contribution in [2.45, 2.75) is 13.0 Å². The number of ether oxygens (including phenoxy) is 1. The van der Waals surface area contributed by atoms with Gasteiger partial charge in [0.2, 0.25) is 5.91 Å². The van der Waals surface area contributed by atoms with Crippen molar-refractivity contribution in [1.82, 2.24) is 20.1 Å². The molecule has 0 aliphatic carbocycles. The molecule has 0 unspecified atom stereocenters. The first-order valence-corrected chi connectivity index (χ1v) is 6.59. The zero-order chi connectivity index (χ0) is 14.2. The molecule has 1 amide bonds. The van der Waals surface area contributed by atoms with E-state index in [4.69, 9.17) is 16.3 Å². The van der Waals surface area contributed by atoms with Crippen LogP contribution in [0.5, 0.6) is 5.75 Å². The Bertz CT molecular complexity index is 528. The van der Waals surface area contributed by atoms with Crippen molar-refractivity contribution in [1.29, 1.82) is 0 Å². The monoisotopic (exact) mass is 294 g/mol. The molecule has 106 valence electrons. The summed E-state index contributed by atoms with van der Waals surface area (Å²) in [4.78, 5) is 15.4. The summed E-state index contributed by atoms with van der Waals surface area (Å²) in [6.45, 7) is 1.39. The molecule has 0 aliphatic rings. The molecular weight excluding hydrogens is 280 g/mol. The number of aryl methyl sites for hydroxylation is 1. The SMILES string of the molecule is O=C(CCn1cncn1)NCCOc1ccc(Cl)cc1. The van der Waals surface area contributed by atoms with Crippen LogP contribution in [-0.2, 0) is 11.3 Å². The molecule has 0 bridgehead atoms. The minimum atomic E-state index is -0.0415. The standard InChI is InChI=1S/C13H15ClN4O2/c14-11-1-3-12(4-2-11)20-8-6-16-13(19)5-7-18-10-15-9-17-18/h1-4,9-10H,5-8H2,(H,16,19). The van der Waals surface area contributed by atoms with Gasteiger partial charge in [-0.3, -0.25) is 9.48 Å². The Morgan fingerprint density at radius 3 is 2.85 bits per heavy atom. The fraction of sp³-hybridized carbons (Fsp3) is 0.308. The Balaban J connectivity index is 1.58. The molecule has 1 N–H and O–H groups in total. The number of rotatable bonds is 7. The second-order valence-electron chi connectivity index (χ2n) is 4.06. The zero-order valence-electron chi connectivity index (χ0n) is 10.8. The van der Waals surface area contributed by atoms with E-state index in [1.807, 2.05) is 0 Å². The summed E-state index contributed by atoms with van der Waals surface area (Å²) >= 11 is 5.77. The van der Waals surface area contributed by atoms with Crippen molar-refractivity contribution in [3.8, 4) is 5.75 Å². The lowest BCUT2D eigenvalue weighted by Gasteiger charge is -2.07. The van der Waals surface area contributed by atoms with E-state index >= 15 is 0 Å². The molecule has 1 aromatic carbocycles. The molecule has 0 atom stereocenters. The van der Waals surface area contributed by atoms with Crippen LogP contribution in [0.2, 0.25) is 5.02 Å². The number of carbonyl (C=O) groups excluding carboxylic acids is 1. The number of nitrogens with zero attached hydrogens (tertiary/aromatic N) is 3. The van der Waals surface area contributed by atoms with Gasteiger partial charge in [-0.25, -0.2) is 4.98 Å². The van der Waals surface area contributed by atoms with Gasteiger partial charge in [0.15, 0.2) is 0 Å². The summed E-state index contributed by atoms with van der Waals surface area (Å²) in [6, 6.07) is 7.09. The highest BCUT2D eigenvalue weighted by Crippen LogP contribution is 2.14. The van der Waals surface area contributed by atoms with Crippen molar-refractivity contribution in [3.63, 3.8) is 0 Å². The average Bonchev–Trinajstić information content (AvgIpc) is 2.96. The third-order valence-corrected chi connectivity index (χ3v) is 2.79. The molecule has 0 fully saturated rings. The number of amides is 1. The minimum Gasteiger partial charge on any atom is -0.492 e. The molecule has 2 rings (SSSR count). The molecule has 0 spiro atoms. The van der Waals surface area contributed by atoms with Crippen molar-refractivity contribution >= 4 is 17.5 Å². The Labute approximate surface area is 121 Å². The summed E-state index contributed by atoms with van der Waals surface area (Å²) < 4.78 is 7.08. The molecule has 1 aromatic heterocycles. The van der Waals surface area contributed by atoms with E-state index in [1.54, 1.807) is 35.3 Å². The maximum Gasteiger partial charge on any atom is 0.221 e. The molecule has 1 heterocycles. The third kappa shape index (κ3) is 4.89. The quantitative estimate of drug-likeness (QED) is 0.786. The van der Waals surface area contributed by atoms with Gasteiger partial charge in [0.25, 0.3) is 0 Å². The van der Waals surface area contributed by atoms with Crippen LogP contribution < -0.4 is 10.1 Å². The topological polar surface area (TPSA) is 69.0 Å². The van der Waals surface area contributed by atoms with Crippen LogP contribution in [0, 0.1) is 0 Å². The van der Waals surface area contributed by atoms with Crippen molar-refractivity contribution in [2.75, 3.05) is 13.2 Å². The molecule has 7 heteroatoms. The van der Waals surface area contributed by atoms with Crippen LogP contribution in [-0.4, -0.2) is 33.8 Å². The molecule has 0 saturated carbocycles. The van der Waals surface area contributed by atoms with Crippen molar-refractivity contribution in [3.05, 3.63) is 41.9 Å². The van der Waals surface area contributed by atoms with Crippen LogP contribution in [0.15, 0.2) is 36.9 Å². The number of hydrogen-bond donors (Lipinski definition) is 1. The summed E-state index contributed by atoms with van der Waals surface area (Å²) in [5.74, 6) is 0.687. The van der Waals surface area contributed by atoms with E-state index in [1.165, 1.54) is 6.33 Å². The number of hydrogen-bond acceptors (Lipinski definition) is 4. The normalized spacial score (nSPS) is 10.2. The van der Waals surface area contributed by atoms with E-state index in [0.29, 0.717) is 31.1 Å². The van der Waals surface area contributed by atoms with Crippen LogP contribution in [0.3, 0.4) is 0 Å². The number of benzene rings is 1. The highest BCUT2D eigenvalue weighted by atomic mass is 35.5.